The van der Waals surface area contributed by atoms with Crippen LogP contribution in [0.4, 0.5) is 33.1 Å². The lowest BCUT2D eigenvalue weighted by Crippen LogP contribution is -2.37. The molecule has 1 atom stereocenters. The van der Waals surface area contributed by atoms with Gasteiger partial charge in [0.05, 0.1) is 29.5 Å². The van der Waals surface area contributed by atoms with Crippen LogP contribution in [0.5, 0.6) is 0 Å². The van der Waals surface area contributed by atoms with Gasteiger partial charge in [-0.3, -0.25) is 10.1 Å². The first-order chi connectivity index (χ1) is 14.1. The Hall–Kier alpha value is -2.94. The van der Waals surface area contributed by atoms with Crippen molar-refractivity contribution in [1.82, 2.24) is 4.98 Å². The summed E-state index contributed by atoms with van der Waals surface area (Å²) in [6, 6.07) is 10.6. The average Bonchev–Trinajstić information content (AvgIpc) is 2.74. The lowest BCUT2D eigenvalue weighted by molar-refractivity contribution is -0.384. The average molecular weight is 401 g/mol. The van der Waals surface area contributed by atoms with E-state index in [-0.39, 0.29) is 11.5 Å². The number of alkyl halides is 1. The third-order valence-corrected chi connectivity index (χ3v) is 5.25. The summed E-state index contributed by atoms with van der Waals surface area (Å²) in [4.78, 5) is 19.7. The second-order valence-corrected chi connectivity index (χ2v) is 7.22. The van der Waals surface area contributed by atoms with E-state index in [2.05, 4.69) is 10.3 Å². The predicted octanol–water partition coefficient (Wildman–Crippen LogP) is 3.51. The monoisotopic (exact) mass is 401 g/mol. The number of nitro groups is 1. The molecule has 2 aromatic rings. The first-order valence-corrected chi connectivity index (χ1v) is 9.85. The number of ether oxygens (including phenoxy) is 1. The summed E-state index contributed by atoms with van der Waals surface area (Å²) in [7, 11) is 0. The van der Waals surface area contributed by atoms with E-state index < -0.39 is 11.1 Å². The summed E-state index contributed by atoms with van der Waals surface area (Å²) < 4.78 is 19.3. The van der Waals surface area contributed by atoms with Crippen LogP contribution in [0.3, 0.4) is 0 Å². The summed E-state index contributed by atoms with van der Waals surface area (Å²) in [6.45, 7) is 3.65. The highest BCUT2D eigenvalue weighted by molar-refractivity contribution is 5.78. The van der Waals surface area contributed by atoms with Crippen LogP contribution in [0.2, 0.25) is 0 Å². The highest BCUT2D eigenvalue weighted by atomic mass is 19.1. The summed E-state index contributed by atoms with van der Waals surface area (Å²) >= 11 is 0. The Morgan fingerprint density at radius 3 is 2.69 bits per heavy atom. The molecule has 9 heteroatoms. The van der Waals surface area contributed by atoms with Gasteiger partial charge in [-0.25, -0.2) is 9.37 Å². The van der Waals surface area contributed by atoms with Crippen LogP contribution in [0.15, 0.2) is 36.4 Å². The van der Waals surface area contributed by atoms with E-state index in [0.717, 1.165) is 18.7 Å². The normalized spacial score (nSPS) is 19.8. The standard InChI is InChI=1S/C20H24FN5O3/c21-15-4-3-9-25(14-15)17-6-2-1-5-16(17)22-20-18(26(27)28)7-8-19(23-20)24-10-12-29-13-11-24/h1-2,5-8,15H,3-4,9-14H2,(H,22,23). The molecule has 154 valence electrons. The molecule has 0 amide bonds. The number of benzene rings is 1. The van der Waals surface area contributed by atoms with E-state index in [1.54, 1.807) is 6.07 Å². The number of anilines is 4. The van der Waals surface area contributed by atoms with Crippen molar-refractivity contribution in [2.24, 2.45) is 0 Å². The van der Waals surface area contributed by atoms with Crippen LogP contribution in [-0.2, 0) is 4.74 Å². The maximum Gasteiger partial charge on any atom is 0.311 e. The number of hydrogen-bond donors (Lipinski definition) is 1. The van der Waals surface area contributed by atoms with Crippen LogP contribution < -0.4 is 15.1 Å². The zero-order valence-electron chi connectivity index (χ0n) is 16.1. The molecule has 29 heavy (non-hydrogen) atoms. The molecule has 0 spiro atoms. The maximum atomic E-state index is 13.9. The highest BCUT2D eigenvalue weighted by Crippen LogP contribution is 2.34. The van der Waals surface area contributed by atoms with E-state index >= 15 is 0 Å². The molecule has 0 aliphatic carbocycles. The third-order valence-electron chi connectivity index (χ3n) is 5.25. The van der Waals surface area contributed by atoms with Gasteiger partial charge >= 0.3 is 5.69 Å². The lowest BCUT2D eigenvalue weighted by Gasteiger charge is -2.32. The fourth-order valence-corrected chi connectivity index (χ4v) is 3.78. The Morgan fingerprint density at radius 2 is 1.93 bits per heavy atom. The second kappa shape index (κ2) is 8.60. The van der Waals surface area contributed by atoms with Crippen LogP contribution in [0.25, 0.3) is 0 Å². The van der Waals surface area contributed by atoms with Gasteiger partial charge in [0.2, 0.25) is 5.82 Å². The zero-order chi connectivity index (χ0) is 20.2. The topological polar surface area (TPSA) is 83.8 Å². The first-order valence-electron chi connectivity index (χ1n) is 9.85. The van der Waals surface area contributed by atoms with Crippen molar-refractivity contribution in [2.75, 3.05) is 54.5 Å². The summed E-state index contributed by atoms with van der Waals surface area (Å²) in [5.74, 6) is 0.848. The van der Waals surface area contributed by atoms with Gasteiger partial charge in [-0.2, -0.15) is 0 Å². The molecule has 2 fully saturated rings. The quantitative estimate of drug-likeness (QED) is 0.606. The molecule has 3 heterocycles. The number of piperidine rings is 1. The number of morpholine rings is 1. The number of para-hydroxylation sites is 2. The summed E-state index contributed by atoms with van der Waals surface area (Å²) in [6.07, 6.45) is 0.482. The van der Waals surface area contributed by atoms with Gasteiger partial charge in [0.1, 0.15) is 12.0 Å². The van der Waals surface area contributed by atoms with Gasteiger partial charge in [-0.05, 0) is 31.0 Å². The molecule has 8 nitrogen and oxygen atoms in total. The van der Waals surface area contributed by atoms with Crippen LogP contribution in [0, 0.1) is 10.1 Å². The maximum absolute atomic E-state index is 13.9. The molecular weight excluding hydrogens is 377 g/mol. The minimum absolute atomic E-state index is 0.0983. The molecule has 2 aliphatic heterocycles. The number of nitrogens with zero attached hydrogens (tertiary/aromatic N) is 4. The Morgan fingerprint density at radius 1 is 1.14 bits per heavy atom. The van der Waals surface area contributed by atoms with E-state index in [0.29, 0.717) is 50.8 Å². The minimum Gasteiger partial charge on any atom is -0.378 e. The molecular formula is C20H24FN5O3. The van der Waals surface area contributed by atoms with E-state index in [4.69, 9.17) is 4.74 Å². The number of nitrogens with one attached hydrogen (secondary N) is 1. The minimum atomic E-state index is -0.867. The molecule has 1 aromatic carbocycles. The van der Waals surface area contributed by atoms with Crippen LogP contribution in [0.1, 0.15) is 12.8 Å². The summed E-state index contributed by atoms with van der Waals surface area (Å²) in [5.41, 5.74) is 1.40. The van der Waals surface area contributed by atoms with E-state index in [1.807, 2.05) is 34.1 Å². The van der Waals surface area contributed by atoms with Crippen molar-refractivity contribution < 1.29 is 14.1 Å². The lowest BCUT2D eigenvalue weighted by atomic mass is 10.1. The number of hydrogen-bond acceptors (Lipinski definition) is 7. The summed E-state index contributed by atoms with van der Waals surface area (Å²) in [5, 5.41) is 14.7. The Bertz CT molecular complexity index is 875. The molecule has 2 saturated heterocycles. The highest BCUT2D eigenvalue weighted by Gasteiger charge is 2.24. The fourth-order valence-electron chi connectivity index (χ4n) is 3.78. The molecule has 4 rings (SSSR count). The molecule has 1 aromatic heterocycles. The number of aromatic nitrogens is 1. The zero-order valence-corrected chi connectivity index (χ0v) is 16.1. The van der Waals surface area contributed by atoms with Crippen molar-refractivity contribution in [3.63, 3.8) is 0 Å². The fraction of sp³-hybridized carbons (Fsp3) is 0.450. The molecule has 0 bridgehead atoms. The van der Waals surface area contributed by atoms with Crippen molar-refractivity contribution in [2.45, 2.75) is 19.0 Å². The molecule has 0 radical (unpaired) electrons. The Kier molecular flexibility index (Phi) is 5.75. The van der Waals surface area contributed by atoms with E-state index in [1.165, 1.54) is 6.07 Å². The molecule has 2 aliphatic rings. The van der Waals surface area contributed by atoms with Gasteiger partial charge in [-0.15, -0.1) is 0 Å². The SMILES string of the molecule is O=[N+]([O-])c1ccc(N2CCOCC2)nc1Nc1ccccc1N1CCCC(F)C1. The first kappa shape index (κ1) is 19.4. The number of rotatable bonds is 5. The van der Waals surface area contributed by atoms with Crippen molar-refractivity contribution in [1.29, 1.82) is 0 Å². The van der Waals surface area contributed by atoms with Crippen LogP contribution in [-0.4, -0.2) is 55.5 Å². The van der Waals surface area contributed by atoms with Gasteiger partial charge in [0.15, 0.2) is 0 Å². The Labute approximate surface area is 168 Å². The van der Waals surface area contributed by atoms with Crippen molar-refractivity contribution in [3.8, 4) is 0 Å². The van der Waals surface area contributed by atoms with Gasteiger partial charge in [-0.1, -0.05) is 12.1 Å². The third kappa shape index (κ3) is 4.40. The van der Waals surface area contributed by atoms with Gasteiger partial charge < -0.3 is 19.9 Å². The molecule has 1 unspecified atom stereocenters. The van der Waals surface area contributed by atoms with Crippen molar-refractivity contribution in [3.05, 3.63) is 46.5 Å². The van der Waals surface area contributed by atoms with Gasteiger partial charge in [0.25, 0.3) is 0 Å². The number of halogens is 1. The largest absolute Gasteiger partial charge is 0.378 e. The van der Waals surface area contributed by atoms with Gasteiger partial charge in [0, 0.05) is 32.2 Å². The molecule has 1 N–H and O–H groups in total. The smallest absolute Gasteiger partial charge is 0.311 e. The predicted molar refractivity (Wildman–Crippen MR) is 110 cm³/mol. The van der Waals surface area contributed by atoms with Crippen molar-refractivity contribution >= 4 is 28.7 Å². The molecule has 0 saturated carbocycles. The Balaban J connectivity index is 1.65. The van der Waals surface area contributed by atoms with Crippen LogP contribution >= 0.6 is 0 Å². The number of pyridine rings is 1. The van der Waals surface area contributed by atoms with E-state index in [9.17, 15) is 14.5 Å². The second-order valence-electron chi connectivity index (χ2n) is 7.22.